The normalized spacial score (nSPS) is 9.91. The standard InChI is InChI=1S/C11H17N3O.C5H12O.C2H6/c1-4-5-14(8-15)7-11-12-6-10(13-11)9(2)3;1-5(2,3)6-4;1-2/h6,8H,2,4-5,7H2,1,3H3,(H,12,13);1-4H3;1-2H3. The fourth-order valence-corrected chi connectivity index (χ4v) is 1.31. The second kappa shape index (κ2) is 12.9. The molecule has 0 atom stereocenters. The zero-order valence-corrected chi connectivity index (χ0v) is 16.2. The van der Waals surface area contributed by atoms with Crippen molar-refractivity contribution in [3.8, 4) is 0 Å². The quantitative estimate of drug-likeness (QED) is 0.795. The summed E-state index contributed by atoms with van der Waals surface area (Å²) in [6, 6.07) is 0. The number of nitrogens with zero attached hydrogens (tertiary/aromatic N) is 2. The van der Waals surface area contributed by atoms with E-state index < -0.39 is 0 Å². The molecule has 0 aromatic carbocycles. The Labute approximate surface area is 142 Å². The molecule has 1 aromatic heterocycles. The van der Waals surface area contributed by atoms with E-state index in [1.165, 1.54) is 0 Å². The number of aromatic nitrogens is 2. The van der Waals surface area contributed by atoms with E-state index in [-0.39, 0.29) is 5.60 Å². The smallest absolute Gasteiger partial charge is 0.210 e. The highest BCUT2D eigenvalue weighted by molar-refractivity contribution is 5.57. The summed E-state index contributed by atoms with van der Waals surface area (Å²) in [6.07, 6.45) is 3.55. The van der Waals surface area contributed by atoms with E-state index >= 15 is 0 Å². The molecule has 5 nitrogen and oxygen atoms in total. The number of carbonyl (C=O) groups excluding carboxylic acids is 1. The number of imidazole rings is 1. The average molecular weight is 325 g/mol. The van der Waals surface area contributed by atoms with Crippen LogP contribution in [0.5, 0.6) is 0 Å². The third-order valence-electron chi connectivity index (χ3n) is 2.71. The molecule has 1 heterocycles. The van der Waals surface area contributed by atoms with Crippen LogP contribution in [0.2, 0.25) is 0 Å². The fraction of sp³-hybridized carbons (Fsp3) is 0.667. The van der Waals surface area contributed by atoms with Crippen molar-refractivity contribution in [2.45, 2.75) is 67.0 Å². The first-order valence-corrected chi connectivity index (χ1v) is 8.17. The van der Waals surface area contributed by atoms with Gasteiger partial charge in [0.25, 0.3) is 0 Å². The van der Waals surface area contributed by atoms with Crippen LogP contribution in [0.4, 0.5) is 0 Å². The van der Waals surface area contributed by atoms with Crippen LogP contribution < -0.4 is 0 Å². The van der Waals surface area contributed by atoms with Gasteiger partial charge in [-0.2, -0.15) is 0 Å². The molecule has 0 saturated carbocycles. The summed E-state index contributed by atoms with van der Waals surface area (Å²) in [6.45, 7) is 19.1. The van der Waals surface area contributed by atoms with Gasteiger partial charge in [0.15, 0.2) is 0 Å². The highest BCUT2D eigenvalue weighted by Crippen LogP contribution is 2.08. The first kappa shape index (κ1) is 23.6. The molecule has 0 spiro atoms. The molecule has 0 saturated heterocycles. The predicted octanol–water partition coefficient (Wildman–Crippen LogP) is 4.27. The molecule has 0 unspecified atom stereocenters. The van der Waals surface area contributed by atoms with Crippen LogP contribution in [0, 0.1) is 0 Å². The summed E-state index contributed by atoms with van der Waals surface area (Å²) >= 11 is 0. The largest absolute Gasteiger partial charge is 0.379 e. The summed E-state index contributed by atoms with van der Waals surface area (Å²) in [7, 11) is 1.71. The molecule has 0 aliphatic rings. The lowest BCUT2D eigenvalue weighted by Crippen LogP contribution is -2.22. The average Bonchev–Trinajstić information content (AvgIpc) is 2.97. The second-order valence-electron chi connectivity index (χ2n) is 5.92. The van der Waals surface area contributed by atoms with Gasteiger partial charge in [-0.05, 0) is 39.7 Å². The van der Waals surface area contributed by atoms with Gasteiger partial charge in [0.05, 0.1) is 24.0 Å². The van der Waals surface area contributed by atoms with Gasteiger partial charge in [-0.3, -0.25) is 4.79 Å². The first-order chi connectivity index (χ1) is 10.7. The highest BCUT2D eigenvalue weighted by Gasteiger charge is 2.06. The van der Waals surface area contributed by atoms with Gasteiger partial charge in [-0.1, -0.05) is 27.4 Å². The lowest BCUT2D eigenvalue weighted by Gasteiger charge is -2.14. The van der Waals surface area contributed by atoms with Gasteiger partial charge in [0, 0.05) is 13.7 Å². The number of rotatable bonds is 6. The van der Waals surface area contributed by atoms with E-state index in [4.69, 9.17) is 4.74 Å². The van der Waals surface area contributed by atoms with E-state index in [0.29, 0.717) is 6.54 Å². The molecule has 0 aliphatic carbocycles. The number of allylic oxidation sites excluding steroid dienone is 1. The van der Waals surface area contributed by atoms with Crippen molar-refractivity contribution in [1.82, 2.24) is 14.9 Å². The topological polar surface area (TPSA) is 58.2 Å². The van der Waals surface area contributed by atoms with Crippen LogP contribution in [0.25, 0.3) is 5.57 Å². The maximum atomic E-state index is 10.7. The second-order valence-corrected chi connectivity index (χ2v) is 5.92. The SMILES string of the molecule is C=C(C)c1cnc(CN(C=O)CCC)[nH]1.CC.COC(C)(C)C. The van der Waals surface area contributed by atoms with Gasteiger partial charge in [0.2, 0.25) is 6.41 Å². The lowest BCUT2D eigenvalue weighted by molar-refractivity contribution is -0.118. The van der Waals surface area contributed by atoms with Crippen molar-refractivity contribution in [1.29, 1.82) is 0 Å². The Morgan fingerprint density at radius 2 is 1.96 bits per heavy atom. The van der Waals surface area contributed by atoms with E-state index in [9.17, 15) is 4.79 Å². The molecule has 0 radical (unpaired) electrons. The summed E-state index contributed by atoms with van der Waals surface area (Å²) < 4.78 is 4.94. The molecule has 0 aliphatic heterocycles. The van der Waals surface area contributed by atoms with Crippen LogP contribution in [0.1, 0.15) is 66.4 Å². The molecule has 1 aromatic rings. The van der Waals surface area contributed by atoms with Crippen molar-refractivity contribution in [2.24, 2.45) is 0 Å². The van der Waals surface area contributed by atoms with E-state index in [2.05, 4.69) is 16.5 Å². The molecular formula is C18H35N3O2. The Balaban J connectivity index is 0. The van der Waals surface area contributed by atoms with Gasteiger partial charge in [-0.25, -0.2) is 4.98 Å². The molecular weight excluding hydrogens is 290 g/mol. The Morgan fingerprint density at radius 3 is 2.26 bits per heavy atom. The van der Waals surface area contributed by atoms with Gasteiger partial charge in [-0.15, -0.1) is 0 Å². The number of aromatic amines is 1. The number of nitrogens with one attached hydrogen (secondary N) is 1. The van der Waals surface area contributed by atoms with Crippen molar-refractivity contribution in [3.05, 3.63) is 24.3 Å². The molecule has 1 rings (SSSR count). The molecule has 5 heteroatoms. The minimum atomic E-state index is 0.0417. The minimum Gasteiger partial charge on any atom is -0.379 e. The zero-order valence-electron chi connectivity index (χ0n) is 16.2. The van der Waals surface area contributed by atoms with Crippen LogP contribution in [-0.2, 0) is 16.1 Å². The molecule has 0 bridgehead atoms. The molecule has 134 valence electrons. The van der Waals surface area contributed by atoms with Crippen LogP contribution >= 0.6 is 0 Å². The number of methoxy groups -OCH3 is 1. The molecule has 1 amide bonds. The Morgan fingerprint density at radius 1 is 1.43 bits per heavy atom. The summed E-state index contributed by atoms with van der Waals surface area (Å²) in [5.41, 5.74) is 1.91. The number of H-pyrrole nitrogens is 1. The van der Waals surface area contributed by atoms with Crippen molar-refractivity contribution in [2.75, 3.05) is 13.7 Å². The number of hydrogen-bond acceptors (Lipinski definition) is 3. The summed E-state index contributed by atoms with van der Waals surface area (Å²) in [5.74, 6) is 0.800. The first-order valence-electron chi connectivity index (χ1n) is 8.17. The third-order valence-corrected chi connectivity index (χ3v) is 2.71. The number of amides is 1. The summed E-state index contributed by atoms with van der Waals surface area (Å²) in [4.78, 5) is 19.7. The molecule has 0 fully saturated rings. The van der Waals surface area contributed by atoms with Crippen molar-refractivity contribution >= 4 is 12.0 Å². The number of carbonyl (C=O) groups is 1. The van der Waals surface area contributed by atoms with Gasteiger partial charge < -0.3 is 14.6 Å². The monoisotopic (exact) mass is 325 g/mol. The molecule has 23 heavy (non-hydrogen) atoms. The zero-order chi connectivity index (χ0) is 18.5. The summed E-state index contributed by atoms with van der Waals surface area (Å²) in [5, 5.41) is 0. The van der Waals surface area contributed by atoms with Crippen molar-refractivity contribution < 1.29 is 9.53 Å². The van der Waals surface area contributed by atoms with E-state index in [1.54, 1.807) is 18.2 Å². The Hall–Kier alpha value is -1.62. The number of hydrogen-bond donors (Lipinski definition) is 1. The van der Waals surface area contributed by atoms with Crippen LogP contribution in [0.3, 0.4) is 0 Å². The third kappa shape index (κ3) is 12.6. The maximum Gasteiger partial charge on any atom is 0.210 e. The van der Waals surface area contributed by atoms with Gasteiger partial charge >= 0.3 is 0 Å². The lowest BCUT2D eigenvalue weighted by atomic mass is 10.2. The maximum absolute atomic E-state index is 10.7. The Kier molecular flexibility index (Phi) is 13.2. The minimum absolute atomic E-state index is 0.0417. The molecule has 1 N–H and O–H groups in total. The van der Waals surface area contributed by atoms with Crippen LogP contribution in [0.15, 0.2) is 12.8 Å². The van der Waals surface area contributed by atoms with Gasteiger partial charge in [0.1, 0.15) is 5.82 Å². The van der Waals surface area contributed by atoms with Crippen LogP contribution in [-0.4, -0.2) is 40.5 Å². The Bertz CT molecular complexity index is 434. The van der Waals surface area contributed by atoms with E-state index in [1.807, 2.05) is 48.5 Å². The predicted molar refractivity (Wildman–Crippen MR) is 98.2 cm³/mol. The van der Waals surface area contributed by atoms with Crippen molar-refractivity contribution in [3.63, 3.8) is 0 Å². The highest BCUT2D eigenvalue weighted by atomic mass is 16.5. The number of ether oxygens (including phenoxy) is 1. The fourth-order valence-electron chi connectivity index (χ4n) is 1.31. The van der Waals surface area contributed by atoms with E-state index in [0.717, 1.165) is 36.5 Å².